The normalized spacial score (nSPS) is 16.5. The summed E-state index contributed by atoms with van der Waals surface area (Å²) in [5, 5.41) is 0.475. The molecule has 4 rings (SSSR count). The molecule has 0 amide bonds. The van der Waals surface area contributed by atoms with Crippen LogP contribution >= 0.6 is 22.9 Å². The van der Waals surface area contributed by atoms with E-state index >= 15 is 0 Å². The Hall–Kier alpha value is -1.78. The maximum atomic E-state index is 13.0. The number of aryl methyl sites for hydroxylation is 2. The lowest BCUT2D eigenvalue weighted by Gasteiger charge is -2.33. The third-order valence-electron chi connectivity index (χ3n) is 5.01. The molecule has 0 unspecified atom stereocenters. The van der Waals surface area contributed by atoms with Crippen molar-refractivity contribution in [2.75, 3.05) is 26.2 Å². The van der Waals surface area contributed by atoms with E-state index in [-0.39, 0.29) is 5.56 Å². The van der Waals surface area contributed by atoms with Crippen LogP contribution in [0.4, 0.5) is 0 Å². The smallest absolute Gasteiger partial charge is 0.258 e. The van der Waals surface area contributed by atoms with Gasteiger partial charge in [-0.15, -0.1) is 11.3 Å². The lowest BCUT2D eigenvalue weighted by atomic mass is 10.3. The topological polar surface area (TPSA) is 75.0 Å². The molecule has 154 valence electrons. The van der Waals surface area contributed by atoms with Crippen molar-refractivity contribution in [3.05, 3.63) is 61.3 Å². The van der Waals surface area contributed by atoms with Crippen LogP contribution in [-0.2, 0) is 16.6 Å². The van der Waals surface area contributed by atoms with Gasteiger partial charge in [-0.05, 0) is 32.0 Å². The van der Waals surface area contributed by atoms with Crippen LogP contribution < -0.4 is 5.56 Å². The average Bonchev–Trinajstić information content (AvgIpc) is 3.02. The van der Waals surface area contributed by atoms with Gasteiger partial charge >= 0.3 is 0 Å². The van der Waals surface area contributed by atoms with Crippen LogP contribution in [0.5, 0.6) is 0 Å². The van der Waals surface area contributed by atoms with Gasteiger partial charge in [0.1, 0.15) is 5.65 Å². The largest absolute Gasteiger partial charge is 0.295 e. The minimum absolute atomic E-state index is 0.183. The summed E-state index contributed by atoms with van der Waals surface area (Å²) in [6.45, 7) is 6.27. The molecule has 0 atom stereocenters. The third kappa shape index (κ3) is 4.10. The summed E-state index contributed by atoms with van der Waals surface area (Å²) in [6, 6.07) is 6.66. The van der Waals surface area contributed by atoms with E-state index in [0.717, 1.165) is 9.75 Å². The third-order valence-corrected chi connectivity index (χ3v) is 8.35. The second kappa shape index (κ2) is 7.81. The first-order valence-electron chi connectivity index (χ1n) is 9.21. The molecule has 0 N–H and O–H groups in total. The van der Waals surface area contributed by atoms with Crippen LogP contribution in [0.25, 0.3) is 5.65 Å². The van der Waals surface area contributed by atoms with E-state index in [1.807, 2.05) is 13.8 Å². The number of piperazine rings is 1. The lowest BCUT2D eigenvalue weighted by Crippen LogP contribution is -2.48. The van der Waals surface area contributed by atoms with E-state index in [4.69, 9.17) is 11.6 Å². The molecule has 0 saturated carbocycles. The van der Waals surface area contributed by atoms with Crippen LogP contribution in [0.2, 0.25) is 5.02 Å². The minimum atomic E-state index is -3.47. The molecule has 1 fully saturated rings. The zero-order valence-electron chi connectivity index (χ0n) is 16.1. The van der Waals surface area contributed by atoms with E-state index in [1.165, 1.54) is 21.8 Å². The number of hydrogen-bond donors (Lipinski definition) is 0. The first-order chi connectivity index (χ1) is 13.7. The maximum Gasteiger partial charge on any atom is 0.258 e. The van der Waals surface area contributed by atoms with E-state index in [1.54, 1.807) is 28.7 Å². The summed E-state index contributed by atoms with van der Waals surface area (Å²) in [6.07, 6.45) is 1.55. The SMILES string of the molecule is Cc1cc(S(=O)(=O)N2CCN(Cc3cc(=O)n4cc(Cl)ccc4n3)CC2)c(C)s1. The molecule has 1 saturated heterocycles. The van der Waals surface area contributed by atoms with E-state index < -0.39 is 10.0 Å². The van der Waals surface area contributed by atoms with Gasteiger partial charge in [-0.3, -0.25) is 14.1 Å². The molecule has 10 heteroatoms. The Morgan fingerprint density at radius 3 is 2.52 bits per heavy atom. The summed E-state index contributed by atoms with van der Waals surface area (Å²) in [5.74, 6) is 0. The number of sulfonamides is 1. The molecule has 0 radical (unpaired) electrons. The summed E-state index contributed by atoms with van der Waals surface area (Å²) < 4.78 is 28.9. The summed E-state index contributed by atoms with van der Waals surface area (Å²) in [7, 11) is -3.47. The number of pyridine rings is 1. The number of rotatable bonds is 4. The highest BCUT2D eigenvalue weighted by Crippen LogP contribution is 2.28. The van der Waals surface area contributed by atoms with Gasteiger partial charge < -0.3 is 0 Å². The predicted octanol–water partition coefficient (Wildman–Crippen LogP) is 2.53. The van der Waals surface area contributed by atoms with Gasteiger partial charge in [-0.25, -0.2) is 13.4 Å². The first-order valence-corrected chi connectivity index (χ1v) is 11.8. The van der Waals surface area contributed by atoms with Crippen molar-refractivity contribution in [3.8, 4) is 0 Å². The van der Waals surface area contributed by atoms with E-state index in [9.17, 15) is 13.2 Å². The summed E-state index contributed by atoms with van der Waals surface area (Å²) in [5.41, 5.74) is 1.02. The first kappa shape index (κ1) is 20.5. The second-order valence-electron chi connectivity index (χ2n) is 7.12. The van der Waals surface area contributed by atoms with Gasteiger partial charge in [0.25, 0.3) is 5.56 Å². The van der Waals surface area contributed by atoms with Crippen molar-refractivity contribution in [2.24, 2.45) is 0 Å². The maximum absolute atomic E-state index is 13.0. The van der Waals surface area contributed by atoms with Crippen molar-refractivity contribution < 1.29 is 8.42 Å². The number of aromatic nitrogens is 2. The molecule has 1 aliphatic rings. The van der Waals surface area contributed by atoms with Crippen molar-refractivity contribution in [1.82, 2.24) is 18.6 Å². The van der Waals surface area contributed by atoms with E-state index in [0.29, 0.717) is 54.0 Å². The van der Waals surface area contributed by atoms with Gasteiger partial charge in [-0.1, -0.05) is 11.6 Å². The number of hydrogen-bond acceptors (Lipinski definition) is 6. The quantitative estimate of drug-likeness (QED) is 0.608. The highest BCUT2D eigenvalue weighted by Gasteiger charge is 2.30. The Morgan fingerprint density at radius 2 is 1.86 bits per heavy atom. The van der Waals surface area contributed by atoms with Crippen molar-refractivity contribution in [2.45, 2.75) is 25.3 Å². The number of fused-ring (bicyclic) bond motifs is 1. The van der Waals surface area contributed by atoms with Gasteiger partial charge in [0.2, 0.25) is 10.0 Å². The van der Waals surface area contributed by atoms with Crippen molar-refractivity contribution in [3.63, 3.8) is 0 Å². The Balaban J connectivity index is 1.46. The van der Waals surface area contributed by atoms with Gasteiger partial charge in [0.15, 0.2) is 0 Å². The molecule has 0 aliphatic carbocycles. The van der Waals surface area contributed by atoms with Crippen LogP contribution in [0.15, 0.2) is 40.2 Å². The van der Waals surface area contributed by atoms with Gasteiger partial charge in [0.05, 0.1) is 15.6 Å². The molecule has 3 aromatic rings. The predicted molar refractivity (Wildman–Crippen MR) is 114 cm³/mol. The van der Waals surface area contributed by atoms with Crippen LogP contribution in [0.1, 0.15) is 15.4 Å². The molecule has 29 heavy (non-hydrogen) atoms. The van der Waals surface area contributed by atoms with Crippen molar-refractivity contribution >= 4 is 38.6 Å². The molecular formula is C19H21ClN4O3S2. The summed E-state index contributed by atoms with van der Waals surface area (Å²) >= 11 is 7.44. The van der Waals surface area contributed by atoms with E-state index in [2.05, 4.69) is 9.88 Å². The monoisotopic (exact) mass is 452 g/mol. The fourth-order valence-electron chi connectivity index (χ4n) is 3.57. The molecule has 0 spiro atoms. The number of thiophene rings is 1. The standard InChI is InChI=1S/C19H21ClN4O3S2/c1-13-9-17(14(2)28-13)29(26,27)23-7-5-22(6-8-23)12-16-10-19(25)24-11-15(20)3-4-18(24)21-16/h3-4,9-11H,5-8,12H2,1-2H3. The highest BCUT2D eigenvalue weighted by atomic mass is 35.5. The molecule has 0 bridgehead atoms. The Bertz CT molecular complexity index is 1230. The lowest BCUT2D eigenvalue weighted by molar-refractivity contribution is 0.180. The molecule has 7 nitrogen and oxygen atoms in total. The fourth-order valence-corrected chi connectivity index (χ4v) is 6.67. The Labute approximate surface area is 178 Å². The molecule has 0 aromatic carbocycles. The van der Waals surface area contributed by atoms with Gasteiger partial charge in [0, 0.05) is 54.7 Å². The second-order valence-corrected chi connectivity index (χ2v) is 10.9. The summed E-state index contributed by atoms with van der Waals surface area (Å²) in [4.78, 5) is 21.2. The van der Waals surface area contributed by atoms with Gasteiger partial charge in [-0.2, -0.15) is 4.31 Å². The highest BCUT2D eigenvalue weighted by molar-refractivity contribution is 7.89. The van der Waals surface area contributed by atoms with Crippen LogP contribution in [0.3, 0.4) is 0 Å². The fraction of sp³-hybridized carbons (Fsp3) is 0.368. The Kier molecular flexibility index (Phi) is 5.52. The average molecular weight is 453 g/mol. The molecule has 4 heterocycles. The zero-order valence-corrected chi connectivity index (χ0v) is 18.5. The number of nitrogens with zero attached hydrogens (tertiary/aromatic N) is 4. The molecular weight excluding hydrogens is 432 g/mol. The van der Waals surface area contributed by atoms with Crippen molar-refractivity contribution in [1.29, 1.82) is 0 Å². The van der Waals surface area contributed by atoms with Crippen LogP contribution in [-0.4, -0.2) is 53.2 Å². The van der Waals surface area contributed by atoms with Crippen LogP contribution in [0, 0.1) is 13.8 Å². The minimum Gasteiger partial charge on any atom is -0.295 e. The zero-order chi connectivity index (χ0) is 20.8. The molecule has 1 aliphatic heterocycles. The number of halogens is 1. The Morgan fingerprint density at radius 1 is 1.14 bits per heavy atom. The molecule has 3 aromatic heterocycles.